The molecule has 0 aromatic carbocycles. The molecule has 1 heterocycles. The Kier molecular flexibility index (Phi) is 4.12. The molecule has 3 rings (SSSR count). The van der Waals surface area contributed by atoms with E-state index in [0.717, 1.165) is 25.7 Å². The van der Waals surface area contributed by atoms with E-state index in [4.69, 9.17) is 0 Å². The van der Waals surface area contributed by atoms with Crippen LogP contribution in [0.25, 0.3) is 0 Å². The summed E-state index contributed by atoms with van der Waals surface area (Å²) in [7, 11) is -3.49. The largest absolute Gasteiger partial charge is 0.274 e. The Bertz CT molecular complexity index is 534. The van der Waals surface area contributed by atoms with Crippen molar-refractivity contribution in [2.75, 3.05) is 0 Å². The molecule has 2 aliphatic carbocycles. The molecule has 2 saturated carbocycles. The predicted molar refractivity (Wildman–Crippen MR) is 82.1 cm³/mol. The summed E-state index contributed by atoms with van der Waals surface area (Å²) in [6.45, 7) is 0. The van der Waals surface area contributed by atoms with Gasteiger partial charge in [-0.15, -0.1) is 0 Å². The molecule has 0 bridgehead atoms. The average molecular weight is 311 g/mol. The van der Waals surface area contributed by atoms with Gasteiger partial charge in [0.05, 0.1) is 4.75 Å². The summed E-state index contributed by atoms with van der Waals surface area (Å²) in [5, 5.41) is 0. The Morgan fingerprint density at radius 1 is 1.05 bits per heavy atom. The molecule has 1 spiro atoms. The molecule has 2 fully saturated rings. The molecular formula is C16H25NO3S. The van der Waals surface area contributed by atoms with Gasteiger partial charge in [0.25, 0.3) is 0 Å². The monoisotopic (exact) mass is 311 g/mol. The van der Waals surface area contributed by atoms with Crippen molar-refractivity contribution in [2.45, 2.75) is 69.0 Å². The average Bonchev–Trinajstić information content (AvgIpc) is 3.30. The summed E-state index contributed by atoms with van der Waals surface area (Å²) < 4.78 is 26.6. The lowest BCUT2D eigenvalue weighted by Crippen LogP contribution is -2.40. The van der Waals surface area contributed by atoms with Crippen molar-refractivity contribution in [1.82, 2.24) is 4.72 Å². The molecule has 0 aromatic heterocycles. The summed E-state index contributed by atoms with van der Waals surface area (Å²) >= 11 is 0. The van der Waals surface area contributed by atoms with Gasteiger partial charge >= 0.3 is 0 Å². The second kappa shape index (κ2) is 5.75. The highest BCUT2D eigenvalue weighted by molar-refractivity contribution is 7.91. The van der Waals surface area contributed by atoms with Gasteiger partial charge in [-0.2, -0.15) is 0 Å². The smallest absolute Gasteiger partial charge is 0.240 e. The van der Waals surface area contributed by atoms with Gasteiger partial charge in [-0.05, 0) is 44.4 Å². The zero-order valence-electron chi connectivity index (χ0n) is 12.5. The highest BCUT2D eigenvalue weighted by Gasteiger charge is 2.55. The van der Waals surface area contributed by atoms with Crippen molar-refractivity contribution in [1.29, 1.82) is 0 Å². The molecule has 118 valence electrons. The molecular weight excluding hydrogens is 286 g/mol. The van der Waals surface area contributed by atoms with Gasteiger partial charge in [0.15, 0.2) is 0 Å². The third-order valence-corrected chi connectivity index (χ3v) is 7.40. The van der Waals surface area contributed by atoms with Gasteiger partial charge in [0, 0.05) is 5.92 Å². The van der Waals surface area contributed by atoms with Crippen LogP contribution in [0.2, 0.25) is 0 Å². The molecule has 1 aliphatic heterocycles. The normalized spacial score (nSPS) is 36.7. The summed E-state index contributed by atoms with van der Waals surface area (Å²) in [6.07, 6.45) is 13.9. The second-order valence-electron chi connectivity index (χ2n) is 6.89. The van der Waals surface area contributed by atoms with E-state index in [1.165, 1.54) is 19.3 Å². The molecule has 0 saturated heterocycles. The standard InChI is InChI=1S/C16H25NO3S/c18-15-14-12-13(14)8-6-4-2-1-3-5-7-9-16(10-11-16)21(19,20)17-15/h6,8,13-14H,1-5,7,9-12H2,(H,17,18)/b8-6+/t13-,14+/m1/s1. The Labute approximate surface area is 127 Å². The topological polar surface area (TPSA) is 63.2 Å². The maximum Gasteiger partial charge on any atom is 0.240 e. The number of sulfonamides is 1. The summed E-state index contributed by atoms with van der Waals surface area (Å²) in [5.41, 5.74) is 0. The van der Waals surface area contributed by atoms with Gasteiger partial charge in [-0.3, -0.25) is 9.52 Å². The number of carbonyl (C=O) groups is 1. The molecule has 0 aromatic rings. The lowest BCUT2D eigenvalue weighted by Gasteiger charge is -2.17. The first kappa shape index (κ1) is 15.1. The van der Waals surface area contributed by atoms with E-state index >= 15 is 0 Å². The first-order chi connectivity index (χ1) is 10.0. The number of amides is 1. The number of hydrogen-bond donors (Lipinski definition) is 1. The summed E-state index contributed by atoms with van der Waals surface area (Å²) in [5.74, 6) is -0.164. The van der Waals surface area contributed by atoms with Crippen LogP contribution in [0.5, 0.6) is 0 Å². The van der Waals surface area contributed by atoms with Crippen LogP contribution >= 0.6 is 0 Å². The van der Waals surface area contributed by atoms with Crippen molar-refractivity contribution >= 4 is 15.9 Å². The van der Waals surface area contributed by atoms with E-state index in [2.05, 4.69) is 16.9 Å². The third kappa shape index (κ3) is 3.33. The van der Waals surface area contributed by atoms with Crippen molar-refractivity contribution < 1.29 is 13.2 Å². The van der Waals surface area contributed by atoms with Gasteiger partial charge in [0.1, 0.15) is 0 Å². The fourth-order valence-corrected chi connectivity index (χ4v) is 5.03. The minimum atomic E-state index is -3.49. The molecule has 0 unspecified atom stereocenters. The minimum Gasteiger partial charge on any atom is -0.274 e. The number of fused-ring (bicyclic) bond motifs is 1. The fraction of sp³-hybridized carbons (Fsp3) is 0.812. The van der Waals surface area contributed by atoms with Gasteiger partial charge < -0.3 is 0 Å². The first-order valence-corrected chi connectivity index (χ1v) is 9.75. The van der Waals surface area contributed by atoms with Gasteiger partial charge in [0.2, 0.25) is 15.9 Å². The third-order valence-electron chi connectivity index (χ3n) is 5.18. The van der Waals surface area contributed by atoms with Crippen LogP contribution in [0.3, 0.4) is 0 Å². The van der Waals surface area contributed by atoms with Crippen LogP contribution in [0.15, 0.2) is 12.2 Å². The van der Waals surface area contributed by atoms with E-state index in [1.807, 2.05) is 0 Å². The Morgan fingerprint density at radius 3 is 2.52 bits per heavy atom. The SMILES string of the molecule is O=C1NS(=O)(=O)C2(CCCCCCC/C=C/[C@@H]3C[C@H]13)CC2. The highest BCUT2D eigenvalue weighted by Crippen LogP contribution is 2.48. The van der Waals surface area contributed by atoms with Crippen LogP contribution in [0.1, 0.15) is 64.2 Å². The van der Waals surface area contributed by atoms with Crippen LogP contribution in [-0.4, -0.2) is 19.1 Å². The van der Waals surface area contributed by atoms with E-state index in [-0.39, 0.29) is 17.7 Å². The summed E-state index contributed by atoms with van der Waals surface area (Å²) in [6, 6.07) is 0. The van der Waals surface area contributed by atoms with Gasteiger partial charge in [-0.25, -0.2) is 8.42 Å². The Balaban J connectivity index is 1.69. The molecule has 5 heteroatoms. The van der Waals surface area contributed by atoms with Crippen LogP contribution in [0.4, 0.5) is 0 Å². The lowest BCUT2D eigenvalue weighted by atomic mass is 10.1. The number of nitrogens with one attached hydrogen (secondary N) is 1. The molecule has 3 aliphatic rings. The quantitative estimate of drug-likeness (QED) is 0.700. The van der Waals surface area contributed by atoms with Gasteiger partial charge in [-0.1, -0.05) is 37.8 Å². The highest BCUT2D eigenvalue weighted by atomic mass is 32.2. The van der Waals surface area contributed by atoms with Crippen molar-refractivity contribution in [3.05, 3.63) is 12.2 Å². The van der Waals surface area contributed by atoms with Crippen molar-refractivity contribution in [2.24, 2.45) is 11.8 Å². The lowest BCUT2D eigenvalue weighted by molar-refractivity contribution is -0.120. The maximum atomic E-state index is 12.4. The maximum absolute atomic E-state index is 12.4. The molecule has 4 nitrogen and oxygen atoms in total. The number of rotatable bonds is 0. The number of carbonyl (C=O) groups excluding carboxylic acids is 1. The zero-order valence-corrected chi connectivity index (χ0v) is 13.3. The van der Waals surface area contributed by atoms with Crippen molar-refractivity contribution in [3.63, 3.8) is 0 Å². The summed E-state index contributed by atoms with van der Waals surface area (Å²) in [4.78, 5) is 12.1. The predicted octanol–water partition coefficient (Wildman–Crippen LogP) is 2.90. The first-order valence-electron chi connectivity index (χ1n) is 8.27. The number of allylic oxidation sites excluding steroid dienone is 2. The van der Waals surface area contributed by atoms with Crippen molar-refractivity contribution in [3.8, 4) is 0 Å². The zero-order chi connectivity index (χ0) is 14.9. The minimum absolute atomic E-state index is 0.128. The van der Waals surface area contributed by atoms with E-state index in [0.29, 0.717) is 19.3 Å². The molecule has 2 atom stereocenters. The fourth-order valence-electron chi connectivity index (χ4n) is 3.35. The molecule has 1 amide bonds. The van der Waals surface area contributed by atoms with E-state index < -0.39 is 14.8 Å². The van der Waals surface area contributed by atoms with E-state index in [1.54, 1.807) is 0 Å². The van der Waals surface area contributed by atoms with Crippen LogP contribution < -0.4 is 4.72 Å². The molecule has 21 heavy (non-hydrogen) atoms. The van der Waals surface area contributed by atoms with Crippen LogP contribution in [0, 0.1) is 11.8 Å². The van der Waals surface area contributed by atoms with E-state index in [9.17, 15) is 13.2 Å². The molecule has 1 N–H and O–H groups in total. The second-order valence-corrected chi connectivity index (χ2v) is 8.97. The number of hydrogen-bond acceptors (Lipinski definition) is 3. The Morgan fingerprint density at radius 2 is 1.76 bits per heavy atom. The van der Waals surface area contributed by atoms with Crippen LogP contribution in [-0.2, 0) is 14.8 Å². The molecule has 0 radical (unpaired) electrons. The Hall–Kier alpha value is -0.840.